The summed E-state index contributed by atoms with van der Waals surface area (Å²) in [5.74, 6) is 0.829. The Morgan fingerprint density at radius 1 is 1.11 bits per heavy atom. The molecule has 3 heteroatoms. The molecule has 0 saturated heterocycles. The monoisotopic (exact) mass is 266 g/mol. The van der Waals surface area contributed by atoms with Gasteiger partial charge in [-0.25, -0.2) is 0 Å². The first-order chi connectivity index (χ1) is 9.13. The minimum Gasteiger partial charge on any atom is -0.491 e. The van der Waals surface area contributed by atoms with E-state index in [1.807, 2.05) is 38.1 Å². The van der Waals surface area contributed by atoms with E-state index in [1.165, 1.54) is 12.8 Å². The Labute approximate surface area is 116 Å². The van der Waals surface area contributed by atoms with Crippen LogP contribution in [-0.2, 0) is 4.74 Å². The molecule has 1 unspecified atom stereocenters. The van der Waals surface area contributed by atoms with Gasteiger partial charge in [0.15, 0.2) is 0 Å². The molecular formula is C16H26O3. The Morgan fingerprint density at radius 3 is 2.37 bits per heavy atom. The van der Waals surface area contributed by atoms with Crippen LogP contribution >= 0.6 is 0 Å². The summed E-state index contributed by atoms with van der Waals surface area (Å²) in [5.41, 5.74) is 0.867. The van der Waals surface area contributed by atoms with E-state index in [-0.39, 0.29) is 6.10 Å². The lowest BCUT2D eigenvalue weighted by molar-refractivity contribution is 0.0345. The average molecular weight is 266 g/mol. The molecule has 1 aromatic rings. The van der Waals surface area contributed by atoms with Crippen molar-refractivity contribution >= 4 is 0 Å². The lowest BCUT2D eigenvalue weighted by Crippen LogP contribution is -2.09. The van der Waals surface area contributed by atoms with Gasteiger partial charge in [0, 0.05) is 6.61 Å². The summed E-state index contributed by atoms with van der Waals surface area (Å²) in [4.78, 5) is 0. The molecule has 0 fully saturated rings. The van der Waals surface area contributed by atoms with Crippen molar-refractivity contribution < 1.29 is 14.6 Å². The summed E-state index contributed by atoms with van der Waals surface area (Å²) in [6, 6.07) is 7.54. The average Bonchev–Trinajstić information content (AvgIpc) is 2.38. The van der Waals surface area contributed by atoms with E-state index in [1.54, 1.807) is 0 Å². The minimum absolute atomic E-state index is 0.165. The van der Waals surface area contributed by atoms with Crippen molar-refractivity contribution in [2.45, 2.75) is 52.2 Å². The molecule has 0 bridgehead atoms. The van der Waals surface area contributed by atoms with Crippen LogP contribution in [0.2, 0.25) is 0 Å². The molecule has 0 radical (unpaired) electrons. The highest BCUT2D eigenvalue weighted by molar-refractivity contribution is 5.28. The van der Waals surface area contributed by atoms with Gasteiger partial charge in [-0.1, -0.05) is 31.9 Å². The van der Waals surface area contributed by atoms with E-state index in [0.717, 1.165) is 24.3 Å². The number of ether oxygens (including phenoxy) is 2. The number of aliphatic hydroxyl groups excluding tert-OH is 1. The molecule has 0 aliphatic rings. The van der Waals surface area contributed by atoms with Crippen molar-refractivity contribution in [1.82, 2.24) is 0 Å². The Hall–Kier alpha value is -1.06. The number of hydrogen-bond acceptors (Lipinski definition) is 3. The lowest BCUT2D eigenvalue weighted by atomic mass is 10.1. The van der Waals surface area contributed by atoms with Crippen LogP contribution in [0.25, 0.3) is 0 Å². The molecule has 0 spiro atoms. The molecule has 0 saturated carbocycles. The van der Waals surface area contributed by atoms with E-state index in [0.29, 0.717) is 6.61 Å². The SMILES string of the molecule is CCCCCOCC(O)c1ccc(OC(C)C)cc1. The van der Waals surface area contributed by atoms with Gasteiger partial charge in [-0.15, -0.1) is 0 Å². The number of rotatable bonds is 9. The van der Waals surface area contributed by atoms with Gasteiger partial charge in [0.2, 0.25) is 0 Å². The molecule has 1 atom stereocenters. The zero-order valence-electron chi connectivity index (χ0n) is 12.3. The van der Waals surface area contributed by atoms with E-state index in [4.69, 9.17) is 9.47 Å². The Balaban J connectivity index is 2.33. The maximum atomic E-state index is 9.98. The van der Waals surface area contributed by atoms with Gasteiger partial charge in [-0.3, -0.25) is 0 Å². The molecule has 19 heavy (non-hydrogen) atoms. The first-order valence-corrected chi connectivity index (χ1v) is 7.16. The van der Waals surface area contributed by atoms with Gasteiger partial charge < -0.3 is 14.6 Å². The Bertz CT molecular complexity index is 332. The summed E-state index contributed by atoms with van der Waals surface area (Å²) in [7, 11) is 0. The lowest BCUT2D eigenvalue weighted by Gasteiger charge is -2.13. The molecule has 0 amide bonds. The van der Waals surface area contributed by atoms with Gasteiger partial charge in [0.1, 0.15) is 11.9 Å². The number of benzene rings is 1. The number of hydrogen-bond donors (Lipinski definition) is 1. The second-order valence-electron chi connectivity index (χ2n) is 5.03. The second kappa shape index (κ2) is 8.94. The smallest absolute Gasteiger partial charge is 0.119 e. The van der Waals surface area contributed by atoms with Gasteiger partial charge in [-0.2, -0.15) is 0 Å². The third kappa shape index (κ3) is 6.60. The predicted octanol–water partition coefficient (Wildman–Crippen LogP) is 3.71. The van der Waals surface area contributed by atoms with Crippen LogP contribution in [0.15, 0.2) is 24.3 Å². The summed E-state index contributed by atoms with van der Waals surface area (Å²) >= 11 is 0. The van der Waals surface area contributed by atoms with Crippen molar-refractivity contribution in [3.05, 3.63) is 29.8 Å². The van der Waals surface area contributed by atoms with Crippen LogP contribution in [0.4, 0.5) is 0 Å². The molecule has 0 aromatic heterocycles. The van der Waals surface area contributed by atoms with Gasteiger partial charge in [0.25, 0.3) is 0 Å². The molecule has 1 aromatic carbocycles. The van der Waals surface area contributed by atoms with Gasteiger partial charge in [0.05, 0.1) is 12.7 Å². The molecule has 1 rings (SSSR count). The molecule has 1 N–H and O–H groups in total. The summed E-state index contributed by atoms with van der Waals surface area (Å²) in [6.45, 7) is 7.23. The highest BCUT2D eigenvalue weighted by Crippen LogP contribution is 2.19. The van der Waals surface area contributed by atoms with Crippen molar-refractivity contribution in [1.29, 1.82) is 0 Å². The molecule has 0 heterocycles. The molecule has 108 valence electrons. The van der Waals surface area contributed by atoms with Crippen LogP contribution in [0.3, 0.4) is 0 Å². The maximum absolute atomic E-state index is 9.98. The highest BCUT2D eigenvalue weighted by atomic mass is 16.5. The maximum Gasteiger partial charge on any atom is 0.119 e. The third-order valence-electron chi connectivity index (χ3n) is 2.80. The molecule has 0 aliphatic heterocycles. The Kier molecular flexibility index (Phi) is 7.53. The first kappa shape index (κ1) is 16.0. The van der Waals surface area contributed by atoms with Crippen molar-refractivity contribution in [3.63, 3.8) is 0 Å². The largest absolute Gasteiger partial charge is 0.491 e. The van der Waals surface area contributed by atoms with Crippen LogP contribution in [0.1, 0.15) is 51.7 Å². The standard InChI is InChI=1S/C16H26O3/c1-4-5-6-11-18-12-16(17)14-7-9-15(10-8-14)19-13(2)3/h7-10,13,16-17H,4-6,11-12H2,1-3H3. The zero-order chi connectivity index (χ0) is 14.1. The van der Waals surface area contributed by atoms with Crippen LogP contribution in [0, 0.1) is 0 Å². The summed E-state index contributed by atoms with van der Waals surface area (Å²) in [6.07, 6.45) is 3.03. The molecule has 0 aliphatic carbocycles. The summed E-state index contributed by atoms with van der Waals surface area (Å²) in [5, 5.41) is 9.98. The van der Waals surface area contributed by atoms with Gasteiger partial charge in [-0.05, 0) is 38.0 Å². The first-order valence-electron chi connectivity index (χ1n) is 7.16. The van der Waals surface area contributed by atoms with E-state index in [9.17, 15) is 5.11 Å². The predicted molar refractivity (Wildman–Crippen MR) is 77.5 cm³/mol. The van der Waals surface area contributed by atoms with E-state index >= 15 is 0 Å². The molecule has 3 nitrogen and oxygen atoms in total. The normalized spacial score (nSPS) is 12.7. The fraction of sp³-hybridized carbons (Fsp3) is 0.625. The van der Waals surface area contributed by atoms with Crippen molar-refractivity contribution in [2.24, 2.45) is 0 Å². The van der Waals surface area contributed by atoms with E-state index in [2.05, 4.69) is 6.92 Å². The van der Waals surface area contributed by atoms with Crippen LogP contribution < -0.4 is 4.74 Å². The number of unbranched alkanes of at least 4 members (excludes halogenated alkanes) is 2. The third-order valence-corrected chi connectivity index (χ3v) is 2.80. The van der Waals surface area contributed by atoms with Gasteiger partial charge >= 0.3 is 0 Å². The van der Waals surface area contributed by atoms with Crippen molar-refractivity contribution in [2.75, 3.05) is 13.2 Å². The van der Waals surface area contributed by atoms with Crippen molar-refractivity contribution in [3.8, 4) is 5.75 Å². The summed E-state index contributed by atoms with van der Waals surface area (Å²) < 4.78 is 11.0. The topological polar surface area (TPSA) is 38.7 Å². The van der Waals surface area contributed by atoms with E-state index < -0.39 is 6.10 Å². The quantitative estimate of drug-likeness (QED) is 0.692. The van der Waals surface area contributed by atoms with Crippen LogP contribution in [0.5, 0.6) is 5.75 Å². The van der Waals surface area contributed by atoms with Crippen LogP contribution in [-0.4, -0.2) is 24.4 Å². The second-order valence-corrected chi connectivity index (χ2v) is 5.03. The fourth-order valence-corrected chi connectivity index (χ4v) is 1.79. The Morgan fingerprint density at radius 2 is 1.79 bits per heavy atom. The fourth-order valence-electron chi connectivity index (χ4n) is 1.79. The minimum atomic E-state index is -0.560. The zero-order valence-corrected chi connectivity index (χ0v) is 12.3. The number of aliphatic hydroxyl groups is 1. The highest BCUT2D eigenvalue weighted by Gasteiger charge is 2.08. The molecular weight excluding hydrogens is 240 g/mol.